The Morgan fingerprint density at radius 1 is 1.03 bits per heavy atom. The molecule has 0 radical (unpaired) electrons. The van der Waals surface area contributed by atoms with Crippen molar-refractivity contribution in [1.82, 2.24) is 14.8 Å². The molecule has 0 aliphatic heterocycles. The number of methoxy groups -OCH3 is 1. The highest BCUT2D eigenvalue weighted by atomic mass is 35.5. The predicted molar refractivity (Wildman–Crippen MR) is 119 cm³/mol. The minimum atomic E-state index is -0.332. The molecule has 0 aliphatic rings. The molecule has 0 bridgehead atoms. The van der Waals surface area contributed by atoms with Gasteiger partial charge < -0.3 is 4.74 Å². The van der Waals surface area contributed by atoms with Crippen LogP contribution in [-0.4, -0.2) is 21.9 Å². The van der Waals surface area contributed by atoms with Crippen LogP contribution in [0.4, 0.5) is 4.39 Å². The number of ether oxygens (including phenoxy) is 1. The van der Waals surface area contributed by atoms with Crippen LogP contribution in [0.3, 0.4) is 0 Å². The molecule has 7 heteroatoms. The van der Waals surface area contributed by atoms with Crippen LogP contribution in [0.15, 0.2) is 71.9 Å². The summed E-state index contributed by atoms with van der Waals surface area (Å²) in [6.07, 6.45) is 0. The van der Waals surface area contributed by atoms with Gasteiger partial charge in [0.05, 0.1) is 12.7 Å². The van der Waals surface area contributed by atoms with Gasteiger partial charge in [0.25, 0.3) is 0 Å². The van der Waals surface area contributed by atoms with E-state index in [1.165, 1.54) is 17.8 Å². The molecule has 152 valence electrons. The number of hydrogen-bond donors (Lipinski definition) is 0. The summed E-state index contributed by atoms with van der Waals surface area (Å²) in [5, 5.41) is 9.88. The molecule has 3 aromatic carbocycles. The van der Waals surface area contributed by atoms with Gasteiger partial charge in [-0.15, -0.1) is 10.2 Å². The largest absolute Gasteiger partial charge is 0.496 e. The molecule has 0 fully saturated rings. The Morgan fingerprint density at radius 2 is 1.83 bits per heavy atom. The van der Waals surface area contributed by atoms with Gasteiger partial charge in [0.1, 0.15) is 11.6 Å². The summed E-state index contributed by atoms with van der Waals surface area (Å²) in [5.74, 6) is 1.36. The third-order valence-corrected chi connectivity index (χ3v) is 5.96. The second-order valence-electron chi connectivity index (χ2n) is 6.67. The fourth-order valence-corrected chi connectivity index (χ4v) is 4.47. The Balaban J connectivity index is 1.80. The molecular formula is C23H19ClFN3OS. The lowest BCUT2D eigenvalue weighted by atomic mass is 10.1. The van der Waals surface area contributed by atoms with E-state index >= 15 is 0 Å². The minimum Gasteiger partial charge on any atom is -0.496 e. The number of halogens is 2. The number of para-hydroxylation sites is 1. The average Bonchev–Trinajstić information content (AvgIpc) is 3.17. The summed E-state index contributed by atoms with van der Waals surface area (Å²) in [4.78, 5) is 0. The second-order valence-corrected chi connectivity index (χ2v) is 8.02. The van der Waals surface area contributed by atoms with Crippen LogP contribution in [-0.2, 0) is 5.75 Å². The first-order valence-electron chi connectivity index (χ1n) is 9.30. The normalized spacial score (nSPS) is 10.9. The highest BCUT2D eigenvalue weighted by molar-refractivity contribution is 7.98. The van der Waals surface area contributed by atoms with Crippen molar-refractivity contribution >= 4 is 23.4 Å². The number of hydrogen-bond acceptors (Lipinski definition) is 4. The molecule has 4 nitrogen and oxygen atoms in total. The SMILES string of the molecule is COc1ccccc1-c1nnc(SCc2c(F)cccc2Cl)n1-c1cccc(C)c1. The van der Waals surface area contributed by atoms with Crippen LogP contribution in [0.25, 0.3) is 17.1 Å². The van der Waals surface area contributed by atoms with E-state index < -0.39 is 0 Å². The van der Waals surface area contributed by atoms with E-state index in [-0.39, 0.29) is 5.82 Å². The fraction of sp³-hybridized carbons (Fsp3) is 0.130. The quantitative estimate of drug-likeness (QED) is 0.329. The van der Waals surface area contributed by atoms with Gasteiger partial charge in [-0.3, -0.25) is 4.57 Å². The summed E-state index contributed by atoms with van der Waals surface area (Å²) < 4.78 is 21.7. The zero-order valence-corrected chi connectivity index (χ0v) is 18.0. The molecule has 1 heterocycles. The first-order valence-corrected chi connectivity index (χ1v) is 10.7. The fourth-order valence-electron chi connectivity index (χ4n) is 3.17. The summed E-state index contributed by atoms with van der Waals surface area (Å²) in [6.45, 7) is 2.03. The molecule has 0 amide bonds. The lowest BCUT2D eigenvalue weighted by Crippen LogP contribution is -2.01. The molecule has 0 saturated carbocycles. The summed E-state index contributed by atoms with van der Waals surface area (Å²) >= 11 is 7.58. The smallest absolute Gasteiger partial charge is 0.196 e. The van der Waals surface area contributed by atoms with Crippen LogP contribution in [0.5, 0.6) is 5.75 Å². The lowest BCUT2D eigenvalue weighted by Gasteiger charge is -2.13. The molecule has 4 rings (SSSR count). The third-order valence-electron chi connectivity index (χ3n) is 4.65. The number of thioether (sulfide) groups is 1. The molecule has 4 aromatic rings. The molecule has 0 atom stereocenters. The Hall–Kier alpha value is -2.83. The minimum absolute atomic E-state index is 0.332. The van der Waals surface area contributed by atoms with Crippen molar-refractivity contribution in [2.24, 2.45) is 0 Å². The van der Waals surface area contributed by atoms with E-state index in [4.69, 9.17) is 16.3 Å². The number of aryl methyl sites for hydroxylation is 1. The van der Waals surface area contributed by atoms with Crippen molar-refractivity contribution in [3.63, 3.8) is 0 Å². The predicted octanol–water partition coefficient (Wildman–Crippen LogP) is 6.34. The lowest BCUT2D eigenvalue weighted by molar-refractivity contribution is 0.416. The number of aromatic nitrogens is 3. The summed E-state index contributed by atoms with van der Waals surface area (Å²) in [7, 11) is 1.63. The zero-order valence-electron chi connectivity index (χ0n) is 16.5. The highest BCUT2D eigenvalue weighted by Crippen LogP contribution is 2.35. The van der Waals surface area contributed by atoms with Crippen molar-refractivity contribution in [2.45, 2.75) is 17.8 Å². The molecule has 0 unspecified atom stereocenters. The zero-order chi connectivity index (χ0) is 21.1. The Kier molecular flexibility index (Phi) is 6.06. The molecule has 30 heavy (non-hydrogen) atoms. The first kappa shape index (κ1) is 20.4. The van der Waals surface area contributed by atoms with Gasteiger partial charge in [0, 0.05) is 22.0 Å². The number of benzene rings is 3. The maximum Gasteiger partial charge on any atom is 0.196 e. The molecule has 0 N–H and O–H groups in total. The van der Waals surface area contributed by atoms with Crippen molar-refractivity contribution in [2.75, 3.05) is 7.11 Å². The van der Waals surface area contributed by atoms with E-state index in [0.717, 1.165) is 16.8 Å². The van der Waals surface area contributed by atoms with Crippen LogP contribution in [0.1, 0.15) is 11.1 Å². The molecular weight excluding hydrogens is 421 g/mol. The van der Waals surface area contributed by atoms with Gasteiger partial charge in [-0.25, -0.2) is 4.39 Å². The van der Waals surface area contributed by atoms with E-state index in [9.17, 15) is 4.39 Å². The third kappa shape index (κ3) is 4.06. The van der Waals surface area contributed by atoms with Gasteiger partial charge in [0.15, 0.2) is 11.0 Å². The van der Waals surface area contributed by atoms with Crippen LogP contribution < -0.4 is 4.74 Å². The van der Waals surface area contributed by atoms with Gasteiger partial charge >= 0.3 is 0 Å². The van der Waals surface area contributed by atoms with Crippen LogP contribution in [0.2, 0.25) is 5.02 Å². The Bertz CT molecular complexity index is 1170. The van der Waals surface area contributed by atoms with Gasteiger partial charge in [-0.1, -0.05) is 53.7 Å². The topological polar surface area (TPSA) is 39.9 Å². The van der Waals surface area contributed by atoms with Crippen molar-refractivity contribution in [1.29, 1.82) is 0 Å². The van der Waals surface area contributed by atoms with E-state index in [1.807, 2.05) is 54.0 Å². The first-order chi connectivity index (χ1) is 14.6. The van der Waals surface area contributed by atoms with Gasteiger partial charge in [-0.05, 0) is 48.9 Å². The summed E-state index contributed by atoms with van der Waals surface area (Å²) in [6, 6.07) is 20.4. The molecule has 1 aromatic heterocycles. The Morgan fingerprint density at radius 3 is 2.60 bits per heavy atom. The summed E-state index contributed by atoms with van der Waals surface area (Å²) in [5.41, 5.74) is 3.30. The Labute approximate surface area is 183 Å². The molecule has 0 saturated heterocycles. The molecule has 0 aliphatic carbocycles. The monoisotopic (exact) mass is 439 g/mol. The number of nitrogens with zero attached hydrogens (tertiary/aromatic N) is 3. The maximum absolute atomic E-state index is 14.2. The van der Waals surface area contributed by atoms with Crippen molar-refractivity contribution < 1.29 is 9.13 Å². The van der Waals surface area contributed by atoms with E-state index in [0.29, 0.717) is 33.1 Å². The number of rotatable bonds is 6. The maximum atomic E-state index is 14.2. The standard InChI is InChI=1S/C23H19ClFN3OS/c1-15-7-5-8-16(13-15)28-22(17-9-3-4-12-21(17)29-2)26-27-23(28)30-14-18-19(24)10-6-11-20(18)25/h3-13H,14H2,1-2H3. The van der Waals surface area contributed by atoms with Gasteiger partial charge in [0.2, 0.25) is 0 Å². The van der Waals surface area contributed by atoms with E-state index in [1.54, 1.807) is 19.2 Å². The van der Waals surface area contributed by atoms with E-state index in [2.05, 4.69) is 16.3 Å². The second kappa shape index (κ2) is 8.90. The van der Waals surface area contributed by atoms with Crippen molar-refractivity contribution in [3.8, 4) is 22.8 Å². The average molecular weight is 440 g/mol. The van der Waals surface area contributed by atoms with Crippen LogP contribution in [0, 0.1) is 12.7 Å². The van der Waals surface area contributed by atoms with Gasteiger partial charge in [-0.2, -0.15) is 0 Å². The highest BCUT2D eigenvalue weighted by Gasteiger charge is 2.20. The molecule has 0 spiro atoms. The van der Waals surface area contributed by atoms with Crippen LogP contribution >= 0.6 is 23.4 Å². The van der Waals surface area contributed by atoms with Crippen molar-refractivity contribution in [3.05, 3.63) is 88.7 Å².